The SMILES string of the molecule is CC1(C)CCSCC1(NC(=O)OCc1ccccc1)C(=O)O. The van der Waals surface area contributed by atoms with Crippen LogP contribution in [-0.2, 0) is 16.1 Å². The monoisotopic (exact) mass is 323 g/mol. The van der Waals surface area contributed by atoms with Gasteiger partial charge in [-0.05, 0) is 17.7 Å². The van der Waals surface area contributed by atoms with Crippen LogP contribution < -0.4 is 5.32 Å². The van der Waals surface area contributed by atoms with E-state index >= 15 is 0 Å². The highest BCUT2D eigenvalue weighted by atomic mass is 32.2. The van der Waals surface area contributed by atoms with Crippen molar-refractivity contribution in [2.24, 2.45) is 5.41 Å². The molecule has 1 atom stereocenters. The zero-order valence-corrected chi connectivity index (χ0v) is 13.6. The maximum absolute atomic E-state index is 12.1. The average molecular weight is 323 g/mol. The maximum atomic E-state index is 12.1. The van der Waals surface area contributed by atoms with Crippen molar-refractivity contribution in [1.82, 2.24) is 5.32 Å². The summed E-state index contributed by atoms with van der Waals surface area (Å²) in [5.74, 6) is 0.222. The molecule has 0 aliphatic carbocycles. The minimum absolute atomic E-state index is 0.121. The number of amides is 1. The zero-order valence-electron chi connectivity index (χ0n) is 12.8. The number of thioether (sulfide) groups is 1. The van der Waals surface area contributed by atoms with E-state index in [2.05, 4.69) is 5.32 Å². The van der Waals surface area contributed by atoms with Crippen LogP contribution in [0.15, 0.2) is 30.3 Å². The first kappa shape index (κ1) is 16.7. The van der Waals surface area contributed by atoms with Crippen molar-refractivity contribution < 1.29 is 19.4 Å². The van der Waals surface area contributed by atoms with Gasteiger partial charge in [-0.3, -0.25) is 0 Å². The molecule has 120 valence electrons. The predicted octanol–water partition coefficient (Wildman–Crippen LogP) is 2.90. The van der Waals surface area contributed by atoms with Gasteiger partial charge in [0.15, 0.2) is 5.54 Å². The molecule has 1 unspecified atom stereocenters. The Morgan fingerprint density at radius 2 is 2.00 bits per heavy atom. The number of benzene rings is 1. The summed E-state index contributed by atoms with van der Waals surface area (Å²) >= 11 is 1.54. The van der Waals surface area contributed by atoms with Crippen LogP contribution in [0.5, 0.6) is 0 Å². The number of carbonyl (C=O) groups excluding carboxylic acids is 1. The number of nitrogens with one attached hydrogen (secondary N) is 1. The number of ether oxygens (including phenoxy) is 1. The first-order valence-electron chi connectivity index (χ1n) is 7.17. The van der Waals surface area contributed by atoms with Gasteiger partial charge in [0.1, 0.15) is 6.61 Å². The quantitative estimate of drug-likeness (QED) is 0.891. The second kappa shape index (κ2) is 6.60. The van der Waals surface area contributed by atoms with E-state index < -0.39 is 23.0 Å². The van der Waals surface area contributed by atoms with E-state index in [-0.39, 0.29) is 6.61 Å². The Morgan fingerprint density at radius 3 is 2.59 bits per heavy atom. The molecule has 0 aromatic heterocycles. The Labute approximate surface area is 134 Å². The molecule has 1 aliphatic rings. The van der Waals surface area contributed by atoms with Crippen LogP contribution >= 0.6 is 11.8 Å². The smallest absolute Gasteiger partial charge is 0.408 e. The number of hydrogen-bond donors (Lipinski definition) is 2. The van der Waals surface area contributed by atoms with Crippen LogP contribution in [0.2, 0.25) is 0 Å². The summed E-state index contributed by atoms with van der Waals surface area (Å²) in [6, 6.07) is 9.29. The summed E-state index contributed by atoms with van der Waals surface area (Å²) in [4.78, 5) is 23.9. The van der Waals surface area contributed by atoms with E-state index in [0.717, 1.165) is 17.7 Å². The molecule has 1 saturated heterocycles. The van der Waals surface area contributed by atoms with Gasteiger partial charge in [0, 0.05) is 11.2 Å². The van der Waals surface area contributed by atoms with Gasteiger partial charge >= 0.3 is 12.1 Å². The van der Waals surface area contributed by atoms with E-state index in [4.69, 9.17) is 4.74 Å². The van der Waals surface area contributed by atoms with Crippen molar-refractivity contribution in [2.45, 2.75) is 32.4 Å². The van der Waals surface area contributed by atoms with Crippen molar-refractivity contribution in [1.29, 1.82) is 0 Å². The topological polar surface area (TPSA) is 75.6 Å². The van der Waals surface area contributed by atoms with Crippen LogP contribution in [-0.4, -0.2) is 34.2 Å². The van der Waals surface area contributed by atoms with Gasteiger partial charge in [-0.15, -0.1) is 0 Å². The van der Waals surface area contributed by atoms with Crippen LogP contribution in [0, 0.1) is 5.41 Å². The number of aliphatic carboxylic acids is 1. The highest BCUT2D eigenvalue weighted by Crippen LogP contribution is 2.42. The largest absolute Gasteiger partial charge is 0.479 e. The van der Waals surface area contributed by atoms with Gasteiger partial charge < -0.3 is 15.2 Å². The number of alkyl carbamates (subject to hydrolysis) is 1. The molecule has 5 nitrogen and oxygen atoms in total. The second-order valence-electron chi connectivity index (χ2n) is 6.08. The number of carbonyl (C=O) groups is 2. The van der Waals surface area contributed by atoms with Crippen LogP contribution in [0.3, 0.4) is 0 Å². The number of carboxylic acids is 1. The van der Waals surface area contributed by atoms with Crippen molar-refractivity contribution >= 4 is 23.8 Å². The Bertz CT molecular complexity index is 546. The van der Waals surface area contributed by atoms with Gasteiger partial charge in [0.2, 0.25) is 0 Å². The number of carboxylic acid groups (broad SMARTS) is 1. The Hall–Kier alpha value is -1.69. The Balaban J connectivity index is 2.05. The van der Waals surface area contributed by atoms with E-state index in [1.165, 1.54) is 11.8 Å². The van der Waals surface area contributed by atoms with Crippen LogP contribution in [0.25, 0.3) is 0 Å². The van der Waals surface area contributed by atoms with Gasteiger partial charge in [0.25, 0.3) is 0 Å². The van der Waals surface area contributed by atoms with Crippen molar-refractivity contribution in [2.75, 3.05) is 11.5 Å². The lowest BCUT2D eigenvalue weighted by Gasteiger charge is -2.46. The first-order chi connectivity index (χ1) is 10.4. The number of rotatable bonds is 4. The highest BCUT2D eigenvalue weighted by Gasteiger charge is 2.54. The fourth-order valence-corrected chi connectivity index (χ4v) is 4.20. The van der Waals surface area contributed by atoms with Crippen molar-refractivity contribution in [3.8, 4) is 0 Å². The normalized spacial score (nSPS) is 23.5. The molecule has 0 bridgehead atoms. The minimum Gasteiger partial charge on any atom is -0.479 e. The summed E-state index contributed by atoms with van der Waals surface area (Å²) < 4.78 is 5.18. The zero-order chi connectivity index (χ0) is 16.2. The lowest BCUT2D eigenvalue weighted by atomic mass is 9.71. The van der Waals surface area contributed by atoms with Gasteiger partial charge in [-0.25, -0.2) is 9.59 Å². The molecule has 2 N–H and O–H groups in total. The molecule has 1 amide bonds. The molecule has 1 heterocycles. The fraction of sp³-hybridized carbons (Fsp3) is 0.500. The van der Waals surface area contributed by atoms with E-state index in [0.29, 0.717) is 5.75 Å². The molecular weight excluding hydrogens is 302 g/mol. The summed E-state index contributed by atoms with van der Waals surface area (Å²) in [6.07, 6.45) is 0.0324. The lowest BCUT2D eigenvalue weighted by Crippen LogP contribution is -2.66. The molecule has 1 aliphatic heterocycles. The predicted molar refractivity (Wildman–Crippen MR) is 85.9 cm³/mol. The molecule has 1 aromatic carbocycles. The molecule has 0 radical (unpaired) electrons. The number of hydrogen-bond acceptors (Lipinski definition) is 4. The molecule has 0 saturated carbocycles. The third-order valence-electron chi connectivity index (χ3n) is 4.24. The van der Waals surface area contributed by atoms with Crippen molar-refractivity contribution in [3.05, 3.63) is 35.9 Å². The average Bonchev–Trinajstić information content (AvgIpc) is 2.48. The third-order valence-corrected chi connectivity index (χ3v) is 5.37. The molecule has 22 heavy (non-hydrogen) atoms. The van der Waals surface area contributed by atoms with Crippen molar-refractivity contribution in [3.63, 3.8) is 0 Å². The highest BCUT2D eigenvalue weighted by molar-refractivity contribution is 7.99. The summed E-state index contributed by atoms with van der Waals surface area (Å²) in [5, 5.41) is 12.3. The van der Waals surface area contributed by atoms with Gasteiger partial charge in [0.05, 0.1) is 0 Å². The van der Waals surface area contributed by atoms with Crippen LogP contribution in [0.1, 0.15) is 25.8 Å². The molecule has 6 heteroatoms. The van der Waals surface area contributed by atoms with E-state index in [1.54, 1.807) is 0 Å². The summed E-state index contributed by atoms with van der Waals surface area (Å²) in [7, 11) is 0. The van der Waals surface area contributed by atoms with Crippen LogP contribution in [0.4, 0.5) is 4.79 Å². The van der Waals surface area contributed by atoms with E-state index in [9.17, 15) is 14.7 Å². The third kappa shape index (κ3) is 3.38. The maximum Gasteiger partial charge on any atom is 0.408 e. The fourth-order valence-electron chi connectivity index (χ4n) is 2.50. The van der Waals surface area contributed by atoms with E-state index in [1.807, 2.05) is 44.2 Å². The molecule has 0 spiro atoms. The minimum atomic E-state index is -1.30. The lowest BCUT2D eigenvalue weighted by molar-refractivity contribution is -0.149. The molecule has 2 rings (SSSR count). The Kier molecular flexibility index (Phi) is 5.01. The second-order valence-corrected chi connectivity index (χ2v) is 7.19. The summed E-state index contributed by atoms with van der Waals surface area (Å²) in [6.45, 7) is 3.87. The Morgan fingerprint density at radius 1 is 1.32 bits per heavy atom. The van der Waals surface area contributed by atoms with Gasteiger partial charge in [-0.1, -0.05) is 44.2 Å². The summed E-state index contributed by atoms with van der Waals surface area (Å²) in [5.41, 5.74) is -0.973. The van der Waals surface area contributed by atoms with Gasteiger partial charge in [-0.2, -0.15) is 11.8 Å². The molecular formula is C16H21NO4S. The molecule has 1 aromatic rings. The molecule has 1 fully saturated rings. The first-order valence-corrected chi connectivity index (χ1v) is 8.33. The standard InChI is InChI=1S/C16H21NO4S/c1-15(2)8-9-22-11-16(15,13(18)19)17-14(20)21-10-12-6-4-3-5-7-12/h3-7H,8-11H2,1-2H3,(H,17,20)(H,18,19).